The van der Waals surface area contributed by atoms with Gasteiger partial charge in [0.05, 0.1) is 6.04 Å². The van der Waals surface area contributed by atoms with Crippen LogP contribution in [0.5, 0.6) is 0 Å². The Balaban J connectivity index is 2.14. The summed E-state index contributed by atoms with van der Waals surface area (Å²) in [6, 6.07) is 17.4. The molecule has 0 bridgehead atoms. The van der Waals surface area contributed by atoms with Crippen LogP contribution in [0, 0.1) is 5.92 Å². The van der Waals surface area contributed by atoms with Crippen LogP contribution < -0.4 is 5.32 Å². The van der Waals surface area contributed by atoms with E-state index >= 15 is 0 Å². The van der Waals surface area contributed by atoms with E-state index < -0.39 is 35.6 Å². The summed E-state index contributed by atoms with van der Waals surface area (Å²) in [5, 5.41) is 2.62. The van der Waals surface area contributed by atoms with Gasteiger partial charge in [-0.3, -0.25) is 9.59 Å². The molecule has 1 atom stereocenters. The first-order valence-electron chi connectivity index (χ1n) is 10.6. The molecule has 0 fully saturated rings. The van der Waals surface area contributed by atoms with Gasteiger partial charge in [-0.2, -0.15) is 0 Å². The Hall–Kier alpha value is -3.35. The van der Waals surface area contributed by atoms with Gasteiger partial charge < -0.3 is 19.5 Å². The molecule has 32 heavy (non-hydrogen) atoms. The number of nitrogens with one attached hydrogen (secondary N) is 1. The third-order valence-corrected chi connectivity index (χ3v) is 4.50. The molecule has 1 N–H and O–H groups in total. The standard InChI is InChI=1S/C25H31NO6/c1-5-20(26-24(29)32-25(2,3)4)21(22(27)30-16-18-12-8-6-9-13-18)23(28)31-17-19-14-10-7-11-15-19/h6-15,20-21H,5,16-17H2,1-4H3,(H,26,29). The molecule has 0 heterocycles. The Morgan fingerprint density at radius 1 is 0.812 bits per heavy atom. The molecule has 172 valence electrons. The van der Waals surface area contributed by atoms with Gasteiger partial charge in [-0.15, -0.1) is 0 Å². The maximum atomic E-state index is 12.9. The summed E-state index contributed by atoms with van der Waals surface area (Å²) in [5.74, 6) is -2.87. The normalized spacial score (nSPS) is 12.0. The average molecular weight is 442 g/mol. The van der Waals surface area contributed by atoms with Gasteiger partial charge in [-0.1, -0.05) is 67.6 Å². The fourth-order valence-corrected chi connectivity index (χ4v) is 2.94. The second kappa shape index (κ2) is 11.9. The first kappa shape index (κ1) is 24.9. The number of alkyl carbamates (subject to hydrolysis) is 1. The largest absolute Gasteiger partial charge is 0.460 e. The molecular formula is C25H31NO6. The third kappa shape index (κ3) is 8.41. The van der Waals surface area contributed by atoms with E-state index in [1.54, 1.807) is 27.7 Å². The molecule has 0 aromatic heterocycles. The highest BCUT2D eigenvalue weighted by molar-refractivity contribution is 5.96. The van der Waals surface area contributed by atoms with E-state index in [0.717, 1.165) is 11.1 Å². The smallest absolute Gasteiger partial charge is 0.407 e. The second-order valence-electron chi connectivity index (χ2n) is 8.33. The van der Waals surface area contributed by atoms with E-state index in [9.17, 15) is 14.4 Å². The summed E-state index contributed by atoms with van der Waals surface area (Å²) in [6.07, 6.45) is -0.425. The number of hydrogen-bond donors (Lipinski definition) is 1. The number of benzene rings is 2. The highest BCUT2D eigenvalue weighted by Gasteiger charge is 2.38. The van der Waals surface area contributed by atoms with E-state index in [1.807, 2.05) is 60.7 Å². The van der Waals surface area contributed by atoms with E-state index in [4.69, 9.17) is 14.2 Å². The van der Waals surface area contributed by atoms with Gasteiger partial charge in [0, 0.05) is 0 Å². The Labute approximate surface area is 189 Å². The minimum Gasteiger partial charge on any atom is -0.460 e. The molecule has 1 amide bonds. The van der Waals surface area contributed by atoms with Crippen molar-refractivity contribution in [2.45, 2.75) is 59.0 Å². The van der Waals surface area contributed by atoms with Crippen molar-refractivity contribution in [3.63, 3.8) is 0 Å². The summed E-state index contributed by atoms with van der Waals surface area (Å²) < 4.78 is 16.1. The lowest BCUT2D eigenvalue weighted by atomic mass is 9.97. The Bertz CT molecular complexity index is 821. The highest BCUT2D eigenvalue weighted by Crippen LogP contribution is 2.17. The zero-order valence-electron chi connectivity index (χ0n) is 19.0. The predicted molar refractivity (Wildman–Crippen MR) is 119 cm³/mol. The van der Waals surface area contributed by atoms with Crippen molar-refractivity contribution in [2.24, 2.45) is 5.92 Å². The zero-order valence-corrected chi connectivity index (χ0v) is 19.0. The molecule has 2 aromatic carbocycles. The van der Waals surface area contributed by atoms with Gasteiger partial charge in [0.2, 0.25) is 0 Å². The van der Waals surface area contributed by atoms with Gasteiger partial charge >= 0.3 is 18.0 Å². The summed E-state index contributed by atoms with van der Waals surface area (Å²) in [6.45, 7) is 6.95. The van der Waals surface area contributed by atoms with Crippen LogP contribution in [0.4, 0.5) is 4.79 Å². The van der Waals surface area contributed by atoms with Crippen LogP contribution in [-0.2, 0) is 37.0 Å². The van der Waals surface area contributed by atoms with E-state index in [2.05, 4.69) is 5.32 Å². The van der Waals surface area contributed by atoms with Crippen LogP contribution in [0.3, 0.4) is 0 Å². The summed E-state index contributed by atoms with van der Waals surface area (Å²) in [4.78, 5) is 38.1. The van der Waals surface area contributed by atoms with Crippen LogP contribution in [0.25, 0.3) is 0 Å². The topological polar surface area (TPSA) is 90.9 Å². The molecule has 0 aliphatic heterocycles. The number of esters is 2. The highest BCUT2D eigenvalue weighted by atomic mass is 16.6. The van der Waals surface area contributed by atoms with Crippen LogP contribution in [-0.4, -0.2) is 29.7 Å². The van der Waals surface area contributed by atoms with E-state index in [0.29, 0.717) is 6.42 Å². The maximum absolute atomic E-state index is 12.9. The fraction of sp³-hybridized carbons (Fsp3) is 0.400. The molecule has 0 saturated carbocycles. The maximum Gasteiger partial charge on any atom is 0.407 e. The van der Waals surface area contributed by atoms with Gasteiger partial charge in [0.25, 0.3) is 0 Å². The van der Waals surface area contributed by atoms with Crippen LogP contribution in [0.2, 0.25) is 0 Å². The molecule has 0 spiro atoms. The van der Waals surface area contributed by atoms with Crippen molar-refractivity contribution in [3.05, 3.63) is 71.8 Å². The lowest BCUT2D eigenvalue weighted by Crippen LogP contribution is -2.48. The molecule has 0 aliphatic carbocycles. The van der Waals surface area contributed by atoms with Crippen molar-refractivity contribution >= 4 is 18.0 Å². The summed E-state index contributed by atoms with van der Waals surface area (Å²) in [5.41, 5.74) is 0.843. The number of hydrogen-bond acceptors (Lipinski definition) is 6. The molecular weight excluding hydrogens is 410 g/mol. The number of ether oxygens (including phenoxy) is 3. The number of amides is 1. The molecule has 1 unspecified atom stereocenters. The van der Waals surface area contributed by atoms with E-state index in [1.165, 1.54) is 0 Å². The second-order valence-corrected chi connectivity index (χ2v) is 8.33. The average Bonchev–Trinajstić information content (AvgIpc) is 2.76. The summed E-state index contributed by atoms with van der Waals surface area (Å²) >= 11 is 0. The van der Waals surface area contributed by atoms with Crippen LogP contribution in [0.1, 0.15) is 45.2 Å². The van der Waals surface area contributed by atoms with E-state index in [-0.39, 0.29) is 13.2 Å². The Morgan fingerprint density at radius 3 is 1.62 bits per heavy atom. The van der Waals surface area contributed by atoms with Crippen molar-refractivity contribution < 1.29 is 28.6 Å². The Morgan fingerprint density at radius 2 is 1.25 bits per heavy atom. The lowest BCUT2D eigenvalue weighted by molar-refractivity contribution is -0.165. The third-order valence-electron chi connectivity index (χ3n) is 4.50. The van der Waals surface area contributed by atoms with Crippen LogP contribution >= 0.6 is 0 Å². The van der Waals surface area contributed by atoms with Crippen molar-refractivity contribution in [1.29, 1.82) is 0 Å². The van der Waals surface area contributed by atoms with Gasteiger partial charge in [-0.05, 0) is 38.3 Å². The zero-order chi connectivity index (χ0) is 23.6. The van der Waals surface area contributed by atoms with Crippen molar-refractivity contribution in [3.8, 4) is 0 Å². The Kier molecular flexibility index (Phi) is 9.25. The first-order valence-corrected chi connectivity index (χ1v) is 10.6. The first-order chi connectivity index (χ1) is 15.2. The van der Waals surface area contributed by atoms with Gasteiger partial charge in [0.1, 0.15) is 18.8 Å². The molecule has 7 nitrogen and oxygen atoms in total. The van der Waals surface area contributed by atoms with Crippen molar-refractivity contribution in [1.82, 2.24) is 5.32 Å². The molecule has 2 aromatic rings. The number of carbonyl (C=O) groups is 3. The van der Waals surface area contributed by atoms with Gasteiger partial charge in [-0.25, -0.2) is 4.79 Å². The minimum atomic E-state index is -1.33. The molecule has 2 rings (SSSR count). The number of carbonyl (C=O) groups excluding carboxylic acids is 3. The predicted octanol–water partition coefficient (Wildman–Crippen LogP) is 4.39. The lowest BCUT2D eigenvalue weighted by Gasteiger charge is -2.26. The van der Waals surface area contributed by atoms with Crippen molar-refractivity contribution in [2.75, 3.05) is 0 Å². The molecule has 0 aliphatic rings. The fourth-order valence-electron chi connectivity index (χ4n) is 2.94. The van der Waals surface area contributed by atoms with Gasteiger partial charge in [0.15, 0.2) is 5.92 Å². The minimum absolute atomic E-state index is 0.00497. The molecule has 7 heteroatoms. The van der Waals surface area contributed by atoms with Crippen LogP contribution in [0.15, 0.2) is 60.7 Å². The monoisotopic (exact) mass is 441 g/mol. The SMILES string of the molecule is CCC(NC(=O)OC(C)(C)C)C(C(=O)OCc1ccccc1)C(=O)OCc1ccccc1. The number of rotatable bonds is 9. The molecule has 0 radical (unpaired) electrons. The molecule has 0 saturated heterocycles. The summed E-state index contributed by atoms with van der Waals surface area (Å²) in [7, 11) is 0. The quantitative estimate of drug-likeness (QED) is 0.353.